The predicted octanol–water partition coefficient (Wildman–Crippen LogP) is 2.63. The van der Waals surface area contributed by atoms with Gasteiger partial charge in [-0.2, -0.15) is 0 Å². The Bertz CT molecular complexity index is 404. The van der Waals surface area contributed by atoms with E-state index in [1.807, 2.05) is 0 Å². The molecule has 0 aromatic heterocycles. The van der Waals surface area contributed by atoms with Crippen molar-refractivity contribution in [2.45, 2.75) is 70.3 Å². The molecule has 21 heavy (non-hydrogen) atoms. The van der Waals surface area contributed by atoms with E-state index in [2.05, 4.69) is 17.6 Å². The highest BCUT2D eigenvalue weighted by atomic mass is 16.2. The van der Waals surface area contributed by atoms with E-state index in [1.54, 1.807) is 0 Å². The van der Waals surface area contributed by atoms with E-state index < -0.39 is 5.54 Å². The Labute approximate surface area is 128 Å². The summed E-state index contributed by atoms with van der Waals surface area (Å²) in [5.74, 6) is 2.58. The zero-order valence-corrected chi connectivity index (χ0v) is 13.3. The number of amidine groups is 1. The van der Waals surface area contributed by atoms with E-state index in [9.17, 15) is 4.79 Å². The first-order valence-electron chi connectivity index (χ1n) is 8.85. The van der Waals surface area contributed by atoms with Gasteiger partial charge < -0.3 is 10.6 Å². The average molecular weight is 291 g/mol. The van der Waals surface area contributed by atoms with Crippen LogP contribution in [0.4, 0.5) is 0 Å². The van der Waals surface area contributed by atoms with Crippen LogP contribution in [0, 0.1) is 11.8 Å². The fraction of sp³-hybridized carbons (Fsp3) is 0.882. The van der Waals surface area contributed by atoms with Crippen LogP contribution >= 0.6 is 0 Å². The molecule has 118 valence electrons. The van der Waals surface area contributed by atoms with Gasteiger partial charge in [-0.15, -0.1) is 0 Å². The quantitative estimate of drug-likeness (QED) is 0.836. The van der Waals surface area contributed by atoms with E-state index in [-0.39, 0.29) is 5.91 Å². The van der Waals surface area contributed by atoms with E-state index in [0.717, 1.165) is 37.7 Å². The number of aliphatic imine (C=N–C) groups is 1. The Morgan fingerprint density at radius 1 is 1.19 bits per heavy atom. The van der Waals surface area contributed by atoms with E-state index in [1.165, 1.54) is 44.9 Å². The van der Waals surface area contributed by atoms with Crippen molar-refractivity contribution in [1.29, 1.82) is 0 Å². The maximum atomic E-state index is 12.4. The van der Waals surface area contributed by atoms with Gasteiger partial charge in [0.2, 0.25) is 0 Å². The highest BCUT2D eigenvalue weighted by molar-refractivity contribution is 6.09. The fourth-order valence-corrected chi connectivity index (χ4v) is 4.13. The lowest BCUT2D eigenvalue weighted by Gasteiger charge is -2.29. The molecule has 2 N–H and O–H groups in total. The van der Waals surface area contributed by atoms with Crippen LogP contribution in [0.5, 0.6) is 0 Å². The van der Waals surface area contributed by atoms with Gasteiger partial charge in [-0.3, -0.25) is 9.79 Å². The molecule has 4 heteroatoms. The number of nitrogens with one attached hydrogen (secondary N) is 2. The maximum absolute atomic E-state index is 12.4. The second-order valence-corrected chi connectivity index (χ2v) is 7.09. The molecule has 0 aromatic rings. The SMILES string of the molecule is CCCCC1CCC(C2=NC3(CCNCC3)C(=O)N2)CC1. The van der Waals surface area contributed by atoms with Crippen LogP contribution in [0.1, 0.15) is 64.7 Å². The van der Waals surface area contributed by atoms with E-state index in [4.69, 9.17) is 4.99 Å². The number of amides is 1. The first-order valence-corrected chi connectivity index (χ1v) is 8.85. The van der Waals surface area contributed by atoms with Crippen molar-refractivity contribution < 1.29 is 4.79 Å². The van der Waals surface area contributed by atoms with Gasteiger partial charge in [-0.25, -0.2) is 0 Å². The lowest BCUT2D eigenvalue weighted by Crippen LogP contribution is -2.47. The van der Waals surface area contributed by atoms with Crippen molar-refractivity contribution in [2.75, 3.05) is 13.1 Å². The summed E-state index contributed by atoms with van der Waals surface area (Å²) >= 11 is 0. The summed E-state index contributed by atoms with van der Waals surface area (Å²) in [6, 6.07) is 0. The number of piperidine rings is 1. The second-order valence-electron chi connectivity index (χ2n) is 7.09. The molecule has 0 aromatic carbocycles. The molecular weight excluding hydrogens is 262 g/mol. The summed E-state index contributed by atoms with van der Waals surface area (Å²) in [6.07, 6.45) is 10.8. The summed E-state index contributed by atoms with van der Waals surface area (Å²) in [7, 11) is 0. The molecule has 1 saturated heterocycles. The van der Waals surface area contributed by atoms with Crippen molar-refractivity contribution in [1.82, 2.24) is 10.6 Å². The van der Waals surface area contributed by atoms with E-state index >= 15 is 0 Å². The van der Waals surface area contributed by atoms with Crippen LogP contribution in [0.3, 0.4) is 0 Å². The average Bonchev–Trinajstić information content (AvgIpc) is 2.83. The minimum Gasteiger partial charge on any atom is -0.317 e. The zero-order valence-electron chi connectivity index (χ0n) is 13.3. The third-order valence-corrected chi connectivity index (χ3v) is 5.63. The predicted molar refractivity (Wildman–Crippen MR) is 85.4 cm³/mol. The van der Waals surface area contributed by atoms with Gasteiger partial charge in [-0.1, -0.05) is 26.2 Å². The summed E-state index contributed by atoms with van der Waals surface area (Å²) in [6.45, 7) is 4.09. The Morgan fingerprint density at radius 2 is 1.90 bits per heavy atom. The summed E-state index contributed by atoms with van der Waals surface area (Å²) in [5.41, 5.74) is -0.431. The van der Waals surface area contributed by atoms with Crippen molar-refractivity contribution >= 4 is 11.7 Å². The monoisotopic (exact) mass is 291 g/mol. The first kappa shape index (κ1) is 15.0. The fourth-order valence-electron chi connectivity index (χ4n) is 4.13. The van der Waals surface area contributed by atoms with Gasteiger partial charge >= 0.3 is 0 Å². The number of hydrogen-bond donors (Lipinski definition) is 2. The second kappa shape index (κ2) is 6.47. The molecule has 1 spiro atoms. The Kier molecular flexibility index (Phi) is 4.63. The smallest absolute Gasteiger partial charge is 0.253 e. The molecule has 0 atom stereocenters. The van der Waals surface area contributed by atoms with Gasteiger partial charge in [0.05, 0.1) is 0 Å². The van der Waals surface area contributed by atoms with Crippen LogP contribution in [0.15, 0.2) is 4.99 Å². The molecule has 0 unspecified atom stereocenters. The molecule has 3 rings (SSSR count). The summed E-state index contributed by atoms with van der Waals surface area (Å²) < 4.78 is 0. The number of carbonyl (C=O) groups is 1. The third-order valence-electron chi connectivity index (χ3n) is 5.63. The number of unbranched alkanes of at least 4 members (excludes halogenated alkanes) is 1. The lowest BCUT2D eigenvalue weighted by atomic mass is 9.79. The van der Waals surface area contributed by atoms with Gasteiger partial charge in [0, 0.05) is 5.92 Å². The number of hydrogen-bond acceptors (Lipinski definition) is 3. The number of carbonyl (C=O) groups excluding carboxylic acids is 1. The Morgan fingerprint density at radius 3 is 2.57 bits per heavy atom. The first-order chi connectivity index (χ1) is 10.2. The molecule has 1 aliphatic carbocycles. The van der Waals surface area contributed by atoms with Crippen molar-refractivity contribution in [3.63, 3.8) is 0 Å². The summed E-state index contributed by atoms with van der Waals surface area (Å²) in [4.78, 5) is 17.2. The highest BCUT2D eigenvalue weighted by Crippen LogP contribution is 2.35. The molecule has 1 saturated carbocycles. The molecule has 2 aliphatic heterocycles. The van der Waals surface area contributed by atoms with Gasteiger partial charge in [0.25, 0.3) is 5.91 Å². The minimum atomic E-state index is -0.431. The normalized spacial score (nSPS) is 32.0. The van der Waals surface area contributed by atoms with Crippen molar-refractivity contribution in [2.24, 2.45) is 16.8 Å². The standard InChI is InChI=1S/C17H29N3O/c1-2-3-4-13-5-7-14(8-6-13)15-19-16(21)17(20-15)9-11-18-12-10-17/h13-14,18H,2-12H2,1H3,(H,19,20,21). The summed E-state index contributed by atoms with van der Waals surface area (Å²) in [5, 5.41) is 6.45. The molecule has 1 amide bonds. The molecule has 2 heterocycles. The lowest BCUT2D eigenvalue weighted by molar-refractivity contribution is -0.124. The molecule has 0 bridgehead atoms. The zero-order chi connectivity index (χ0) is 14.7. The largest absolute Gasteiger partial charge is 0.317 e. The highest BCUT2D eigenvalue weighted by Gasteiger charge is 2.45. The van der Waals surface area contributed by atoms with Crippen molar-refractivity contribution in [3.8, 4) is 0 Å². The van der Waals surface area contributed by atoms with E-state index in [0.29, 0.717) is 5.92 Å². The topological polar surface area (TPSA) is 53.5 Å². The van der Waals surface area contributed by atoms with Crippen LogP contribution in [-0.2, 0) is 4.79 Å². The van der Waals surface area contributed by atoms with Crippen LogP contribution in [-0.4, -0.2) is 30.4 Å². The van der Waals surface area contributed by atoms with Gasteiger partial charge in [-0.05, 0) is 57.5 Å². The minimum absolute atomic E-state index is 0.159. The van der Waals surface area contributed by atoms with Crippen LogP contribution < -0.4 is 10.6 Å². The molecule has 2 fully saturated rings. The number of nitrogens with zero attached hydrogens (tertiary/aromatic N) is 1. The molecule has 4 nitrogen and oxygen atoms in total. The molecule has 0 radical (unpaired) electrons. The maximum Gasteiger partial charge on any atom is 0.253 e. The van der Waals surface area contributed by atoms with Crippen molar-refractivity contribution in [3.05, 3.63) is 0 Å². The Hall–Kier alpha value is -0.900. The van der Waals surface area contributed by atoms with Gasteiger partial charge in [0.1, 0.15) is 11.4 Å². The molecule has 3 aliphatic rings. The third kappa shape index (κ3) is 3.15. The van der Waals surface area contributed by atoms with Crippen LogP contribution in [0.2, 0.25) is 0 Å². The van der Waals surface area contributed by atoms with Gasteiger partial charge in [0.15, 0.2) is 0 Å². The number of rotatable bonds is 4. The molecular formula is C17H29N3O. The Balaban J connectivity index is 1.58. The van der Waals surface area contributed by atoms with Crippen LogP contribution in [0.25, 0.3) is 0 Å².